The largest absolute Gasteiger partial charge is 0.480 e. The number of rotatable bonds is 3. The zero-order valence-electron chi connectivity index (χ0n) is 8.80. The van der Waals surface area contributed by atoms with Crippen LogP contribution in [-0.4, -0.2) is 28.9 Å². The van der Waals surface area contributed by atoms with Gasteiger partial charge >= 0.3 is 5.97 Å². The van der Waals surface area contributed by atoms with E-state index in [-0.39, 0.29) is 6.61 Å². The molecule has 4 heteroatoms. The molecule has 0 heterocycles. The molecule has 4 nitrogen and oxygen atoms in total. The summed E-state index contributed by atoms with van der Waals surface area (Å²) in [6, 6.07) is 7.67. The summed E-state index contributed by atoms with van der Waals surface area (Å²) in [7, 11) is 0. The van der Waals surface area contributed by atoms with Gasteiger partial charge in [-0.15, -0.1) is 0 Å². The number of aliphatic hydroxyl groups excluding tert-OH is 1. The molecular weight excluding hydrogens is 208 g/mol. The predicted octanol–water partition coefficient (Wildman–Crippen LogP) is 1.14. The van der Waals surface area contributed by atoms with E-state index in [9.17, 15) is 9.90 Å². The second-order valence-corrected chi connectivity index (χ2v) is 3.93. The summed E-state index contributed by atoms with van der Waals surface area (Å²) < 4.78 is 5.23. The first-order chi connectivity index (χ1) is 7.68. The van der Waals surface area contributed by atoms with E-state index in [1.165, 1.54) is 0 Å². The molecule has 0 aliphatic heterocycles. The SMILES string of the molecule is O=C(O)COC1c2ccccc2CCC1O. The van der Waals surface area contributed by atoms with Crippen molar-refractivity contribution in [3.05, 3.63) is 35.4 Å². The summed E-state index contributed by atoms with van der Waals surface area (Å²) in [5.41, 5.74) is 2.03. The van der Waals surface area contributed by atoms with Crippen LogP contribution in [0.15, 0.2) is 24.3 Å². The van der Waals surface area contributed by atoms with E-state index in [1.54, 1.807) is 0 Å². The van der Waals surface area contributed by atoms with Gasteiger partial charge in [0.25, 0.3) is 0 Å². The average molecular weight is 222 g/mol. The zero-order valence-corrected chi connectivity index (χ0v) is 8.80. The maximum atomic E-state index is 10.5. The maximum Gasteiger partial charge on any atom is 0.329 e. The monoisotopic (exact) mass is 222 g/mol. The molecule has 0 saturated carbocycles. The lowest BCUT2D eigenvalue weighted by Gasteiger charge is -2.29. The fourth-order valence-electron chi connectivity index (χ4n) is 2.06. The van der Waals surface area contributed by atoms with Gasteiger partial charge in [0.2, 0.25) is 0 Å². The minimum atomic E-state index is -1.02. The van der Waals surface area contributed by atoms with E-state index < -0.39 is 18.2 Å². The van der Waals surface area contributed by atoms with Crippen molar-refractivity contribution in [1.29, 1.82) is 0 Å². The Morgan fingerprint density at radius 2 is 2.19 bits per heavy atom. The molecule has 16 heavy (non-hydrogen) atoms. The lowest BCUT2D eigenvalue weighted by molar-refractivity contribution is -0.147. The summed E-state index contributed by atoms with van der Waals surface area (Å²) in [4.78, 5) is 10.5. The number of carboxylic acid groups (broad SMARTS) is 1. The molecule has 0 radical (unpaired) electrons. The average Bonchev–Trinajstić information content (AvgIpc) is 2.27. The van der Waals surface area contributed by atoms with Crippen molar-refractivity contribution in [2.45, 2.75) is 25.0 Å². The van der Waals surface area contributed by atoms with E-state index in [4.69, 9.17) is 9.84 Å². The smallest absolute Gasteiger partial charge is 0.329 e. The Morgan fingerprint density at radius 3 is 2.94 bits per heavy atom. The molecule has 1 aliphatic rings. The number of aliphatic hydroxyl groups is 1. The number of hydrogen-bond acceptors (Lipinski definition) is 3. The normalized spacial score (nSPS) is 23.8. The highest BCUT2D eigenvalue weighted by Gasteiger charge is 2.28. The number of ether oxygens (including phenoxy) is 1. The molecule has 1 aliphatic carbocycles. The molecule has 86 valence electrons. The summed E-state index contributed by atoms with van der Waals surface area (Å²) in [6.07, 6.45) is 0.293. The van der Waals surface area contributed by atoms with Gasteiger partial charge in [0.15, 0.2) is 0 Å². The van der Waals surface area contributed by atoms with Crippen molar-refractivity contribution in [2.75, 3.05) is 6.61 Å². The minimum Gasteiger partial charge on any atom is -0.480 e. The number of benzene rings is 1. The van der Waals surface area contributed by atoms with Crippen LogP contribution in [0, 0.1) is 0 Å². The lowest BCUT2D eigenvalue weighted by atomic mass is 9.87. The number of aryl methyl sites for hydroxylation is 1. The Kier molecular flexibility index (Phi) is 3.22. The van der Waals surface area contributed by atoms with E-state index in [0.29, 0.717) is 6.42 Å². The molecule has 2 unspecified atom stereocenters. The second-order valence-electron chi connectivity index (χ2n) is 3.93. The fraction of sp³-hybridized carbons (Fsp3) is 0.417. The van der Waals surface area contributed by atoms with Gasteiger partial charge in [-0.05, 0) is 24.0 Å². The van der Waals surface area contributed by atoms with Gasteiger partial charge in [0.1, 0.15) is 12.7 Å². The van der Waals surface area contributed by atoms with Crippen LogP contribution in [0.4, 0.5) is 0 Å². The molecule has 2 N–H and O–H groups in total. The van der Waals surface area contributed by atoms with Gasteiger partial charge in [-0.25, -0.2) is 4.79 Å². The van der Waals surface area contributed by atoms with Crippen molar-refractivity contribution in [1.82, 2.24) is 0 Å². The van der Waals surface area contributed by atoms with Crippen molar-refractivity contribution < 1.29 is 19.7 Å². The molecule has 1 aromatic carbocycles. The second kappa shape index (κ2) is 4.63. The summed E-state index contributed by atoms with van der Waals surface area (Å²) in [5.74, 6) is -1.02. The topological polar surface area (TPSA) is 66.8 Å². The van der Waals surface area contributed by atoms with E-state index in [2.05, 4.69) is 0 Å². The van der Waals surface area contributed by atoms with Crippen molar-refractivity contribution in [3.8, 4) is 0 Å². The van der Waals surface area contributed by atoms with Crippen LogP contribution in [-0.2, 0) is 16.0 Å². The Bertz CT molecular complexity index is 388. The van der Waals surface area contributed by atoms with E-state index >= 15 is 0 Å². The molecule has 0 spiro atoms. The third-order valence-corrected chi connectivity index (χ3v) is 2.81. The van der Waals surface area contributed by atoms with Gasteiger partial charge < -0.3 is 14.9 Å². The molecule has 0 aromatic heterocycles. The lowest BCUT2D eigenvalue weighted by Crippen LogP contribution is -2.28. The highest BCUT2D eigenvalue weighted by Crippen LogP contribution is 2.32. The van der Waals surface area contributed by atoms with Crippen LogP contribution in [0.25, 0.3) is 0 Å². The third-order valence-electron chi connectivity index (χ3n) is 2.81. The first-order valence-corrected chi connectivity index (χ1v) is 5.28. The Hall–Kier alpha value is -1.39. The van der Waals surface area contributed by atoms with Crippen molar-refractivity contribution in [3.63, 3.8) is 0 Å². The molecule has 1 aromatic rings. The molecule has 2 rings (SSSR count). The number of carboxylic acids is 1. The summed E-state index contributed by atoms with van der Waals surface area (Å²) >= 11 is 0. The van der Waals surface area contributed by atoms with Crippen LogP contribution in [0.3, 0.4) is 0 Å². The van der Waals surface area contributed by atoms with Crippen LogP contribution < -0.4 is 0 Å². The fourth-order valence-corrected chi connectivity index (χ4v) is 2.06. The first-order valence-electron chi connectivity index (χ1n) is 5.28. The Balaban J connectivity index is 2.19. The van der Waals surface area contributed by atoms with E-state index in [0.717, 1.165) is 17.5 Å². The van der Waals surface area contributed by atoms with Gasteiger partial charge in [-0.1, -0.05) is 24.3 Å². The summed E-state index contributed by atoms with van der Waals surface area (Å²) in [6.45, 7) is -0.379. The molecule has 0 fully saturated rings. The van der Waals surface area contributed by atoms with Crippen LogP contribution in [0.2, 0.25) is 0 Å². The highest BCUT2D eigenvalue weighted by atomic mass is 16.5. The molecule has 0 bridgehead atoms. The molecule has 0 amide bonds. The number of carbonyl (C=O) groups is 1. The quantitative estimate of drug-likeness (QED) is 0.804. The third kappa shape index (κ3) is 2.23. The Labute approximate surface area is 93.5 Å². The maximum absolute atomic E-state index is 10.5. The standard InChI is InChI=1S/C12H14O4/c13-10-6-5-8-3-1-2-4-9(8)12(10)16-7-11(14)15/h1-4,10,12-13H,5-7H2,(H,14,15). The van der Waals surface area contributed by atoms with Crippen molar-refractivity contribution >= 4 is 5.97 Å². The van der Waals surface area contributed by atoms with Crippen molar-refractivity contribution in [2.24, 2.45) is 0 Å². The van der Waals surface area contributed by atoms with Gasteiger partial charge in [-0.3, -0.25) is 0 Å². The zero-order chi connectivity index (χ0) is 11.5. The highest BCUT2D eigenvalue weighted by molar-refractivity contribution is 5.68. The molecule has 2 atom stereocenters. The Morgan fingerprint density at radius 1 is 1.44 bits per heavy atom. The minimum absolute atomic E-state index is 0.379. The van der Waals surface area contributed by atoms with Crippen LogP contribution >= 0.6 is 0 Å². The molecule has 0 saturated heterocycles. The van der Waals surface area contributed by atoms with E-state index in [1.807, 2.05) is 24.3 Å². The van der Waals surface area contributed by atoms with Crippen LogP contribution in [0.5, 0.6) is 0 Å². The predicted molar refractivity (Wildman–Crippen MR) is 57.1 cm³/mol. The number of aliphatic carboxylic acids is 1. The first kappa shape index (κ1) is 11.1. The van der Waals surface area contributed by atoms with Gasteiger partial charge in [0, 0.05) is 0 Å². The summed E-state index contributed by atoms with van der Waals surface area (Å²) in [5, 5.41) is 18.4. The number of hydrogen-bond donors (Lipinski definition) is 2. The van der Waals surface area contributed by atoms with Gasteiger partial charge in [-0.2, -0.15) is 0 Å². The number of fused-ring (bicyclic) bond motifs is 1. The van der Waals surface area contributed by atoms with Gasteiger partial charge in [0.05, 0.1) is 6.10 Å². The molecular formula is C12H14O4. The van der Waals surface area contributed by atoms with Crippen LogP contribution in [0.1, 0.15) is 23.7 Å².